The molecular formula is C24H35FN2O6. The molecule has 0 aliphatic carbocycles. The topological polar surface area (TPSA) is 94.2 Å². The van der Waals surface area contributed by atoms with E-state index >= 15 is 0 Å². The van der Waals surface area contributed by atoms with Gasteiger partial charge in [-0.15, -0.1) is 0 Å². The van der Waals surface area contributed by atoms with Crippen molar-refractivity contribution in [3.05, 3.63) is 35.6 Å². The number of benzene rings is 1. The molecule has 0 saturated carbocycles. The Morgan fingerprint density at radius 2 is 1.73 bits per heavy atom. The Bertz CT molecular complexity index is 838. The van der Waals surface area contributed by atoms with Crippen LogP contribution >= 0.6 is 0 Å². The van der Waals surface area contributed by atoms with Gasteiger partial charge in [0.15, 0.2) is 5.78 Å². The summed E-state index contributed by atoms with van der Waals surface area (Å²) in [5, 5.41) is 2.71. The molecule has 184 valence electrons. The molecule has 1 aromatic rings. The normalized spacial score (nSPS) is 21.3. The van der Waals surface area contributed by atoms with Crippen molar-refractivity contribution in [2.75, 3.05) is 20.8 Å². The molecule has 1 aliphatic rings. The lowest BCUT2D eigenvalue weighted by Crippen LogP contribution is -2.52. The largest absolute Gasteiger partial charge is 0.444 e. The zero-order valence-corrected chi connectivity index (χ0v) is 20.4. The molecule has 0 bridgehead atoms. The van der Waals surface area contributed by atoms with Crippen LogP contribution in [0.15, 0.2) is 24.3 Å². The number of amides is 2. The predicted molar refractivity (Wildman–Crippen MR) is 120 cm³/mol. The maximum atomic E-state index is 13.1. The maximum absolute atomic E-state index is 13.1. The molecule has 5 atom stereocenters. The standard InChI is InChI=1S/C24H35FN2O6/c1-14(22(29)26-15(2)20(28)16-8-10-17(25)11-9-16)21(32-7)19-12-18(31-6)13-27(19)23(30)33-24(3,4)5/h8-11,14-15,18-19,21H,12-13H2,1-7H3,(H,26,29)/t14-,15?,18-,19-,21-/m1/s1. The van der Waals surface area contributed by atoms with Crippen molar-refractivity contribution >= 4 is 17.8 Å². The molecule has 2 amide bonds. The summed E-state index contributed by atoms with van der Waals surface area (Å²) < 4.78 is 29.8. The van der Waals surface area contributed by atoms with E-state index in [0.717, 1.165) is 0 Å². The fraction of sp³-hybridized carbons (Fsp3) is 0.625. The fourth-order valence-corrected chi connectivity index (χ4v) is 3.96. The van der Waals surface area contributed by atoms with Gasteiger partial charge in [-0.25, -0.2) is 9.18 Å². The van der Waals surface area contributed by atoms with E-state index in [1.54, 1.807) is 46.6 Å². The van der Waals surface area contributed by atoms with E-state index in [4.69, 9.17) is 14.2 Å². The van der Waals surface area contributed by atoms with E-state index in [1.165, 1.54) is 31.4 Å². The minimum atomic E-state index is -0.819. The lowest BCUT2D eigenvalue weighted by Gasteiger charge is -2.34. The average molecular weight is 467 g/mol. The van der Waals surface area contributed by atoms with Gasteiger partial charge in [0.2, 0.25) is 5.91 Å². The van der Waals surface area contributed by atoms with Crippen LogP contribution in [0.5, 0.6) is 0 Å². The molecule has 8 nitrogen and oxygen atoms in total. The summed E-state index contributed by atoms with van der Waals surface area (Å²) in [6.45, 7) is 8.94. The van der Waals surface area contributed by atoms with Crippen LogP contribution in [0.2, 0.25) is 0 Å². The second kappa shape index (κ2) is 11.1. The second-order valence-electron chi connectivity index (χ2n) is 9.38. The van der Waals surface area contributed by atoms with Gasteiger partial charge in [0.05, 0.1) is 36.8 Å². The van der Waals surface area contributed by atoms with Crippen LogP contribution in [-0.2, 0) is 19.0 Å². The summed E-state index contributed by atoms with van der Waals surface area (Å²) in [7, 11) is 3.05. The first-order valence-corrected chi connectivity index (χ1v) is 11.0. The Morgan fingerprint density at radius 3 is 2.24 bits per heavy atom. The molecule has 1 aromatic carbocycles. The highest BCUT2D eigenvalue weighted by molar-refractivity contribution is 6.01. The van der Waals surface area contributed by atoms with Gasteiger partial charge in [-0.05, 0) is 58.4 Å². The number of carbonyl (C=O) groups is 3. The Balaban J connectivity index is 2.12. The van der Waals surface area contributed by atoms with Gasteiger partial charge in [-0.1, -0.05) is 6.92 Å². The Morgan fingerprint density at radius 1 is 1.12 bits per heavy atom. The average Bonchev–Trinajstić information content (AvgIpc) is 3.17. The summed E-state index contributed by atoms with van der Waals surface area (Å²) in [4.78, 5) is 40.0. The van der Waals surface area contributed by atoms with Crippen LogP contribution in [-0.4, -0.2) is 73.3 Å². The van der Waals surface area contributed by atoms with Crippen LogP contribution in [0.4, 0.5) is 9.18 Å². The highest BCUT2D eigenvalue weighted by atomic mass is 19.1. The van der Waals surface area contributed by atoms with Crippen LogP contribution in [0, 0.1) is 11.7 Å². The first kappa shape index (κ1) is 26.7. The van der Waals surface area contributed by atoms with Crippen molar-refractivity contribution in [2.24, 2.45) is 5.92 Å². The number of carbonyl (C=O) groups excluding carboxylic acids is 3. The Labute approximate surface area is 194 Å². The third-order valence-corrected chi connectivity index (χ3v) is 5.70. The van der Waals surface area contributed by atoms with E-state index in [2.05, 4.69) is 5.32 Å². The summed E-state index contributed by atoms with van der Waals surface area (Å²) in [5.41, 5.74) is -0.371. The van der Waals surface area contributed by atoms with Crippen molar-refractivity contribution in [1.29, 1.82) is 0 Å². The number of nitrogens with zero attached hydrogens (tertiary/aromatic N) is 1. The molecule has 0 spiro atoms. The number of hydrogen-bond donors (Lipinski definition) is 1. The van der Waals surface area contributed by atoms with Gasteiger partial charge in [0, 0.05) is 19.8 Å². The zero-order chi connectivity index (χ0) is 24.9. The smallest absolute Gasteiger partial charge is 0.410 e. The van der Waals surface area contributed by atoms with E-state index < -0.39 is 47.5 Å². The number of nitrogens with one attached hydrogen (secondary N) is 1. The third-order valence-electron chi connectivity index (χ3n) is 5.70. The molecule has 33 heavy (non-hydrogen) atoms. The Hall–Kier alpha value is -2.52. The van der Waals surface area contributed by atoms with Crippen molar-refractivity contribution in [3.63, 3.8) is 0 Å². The maximum Gasteiger partial charge on any atom is 0.410 e. The molecular weight excluding hydrogens is 431 g/mol. The van der Waals surface area contributed by atoms with Crippen LogP contribution < -0.4 is 5.32 Å². The molecule has 1 N–H and O–H groups in total. The van der Waals surface area contributed by atoms with Crippen molar-refractivity contribution in [3.8, 4) is 0 Å². The number of likely N-dealkylation sites (tertiary alicyclic amines) is 1. The van der Waals surface area contributed by atoms with Crippen molar-refractivity contribution in [2.45, 2.75) is 70.9 Å². The predicted octanol–water partition coefficient (Wildman–Crippen LogP) is 3.19. The number of methoxy groups -OCH3 is 2. The fourth-order valence-electron chi connectivity index (χ4n) is 3.96. The SMILES string of the molecule is CO[C@@H]1C[C@H]([C@H](OC)[C@@H](C)C(=O)NC(C)C(=O)c2ccc(F)cc2)N(C(=O)OC(C)(C)C)C1. The van der Waals surface area contributed by atoms with Gasteiger partial charge in [-0.3, -0.25) is 14.5 Å². The van der Waals surface area contributed by atoms with Gasteiger partial charge < -0.3 is 19.5 Å². The molecule has 1 aliphatic heterocycles. The molecule has 1 fully saturated rings. The monoisotopic (exact) mass is 466 g/mol. The number of Topliss-reactive ketones (excluding diaryl/α,β-unsaturated/α-hetero) is 1. The highest BCUT2D eigenvalue weighted by Crippen LogP contribution is 2.29. The van der Waals surface area contributed by atoms with Crippen LogP contribution in [0.25, 0.3) is 0 Å². The number of rotatable bonds is 8. The second-order valence-corrected chi connectivity index (χ2v) is 9.38. The lowest BCUT2D eigenvalue weighted by atomic mass is 9.94. The summed E-state index contributed by atoms with van der Waals surface area (Å²) in [5.74, 6) is -1.85. The number of hydrogen-bond acceptors (Lipinski definition) is 6. The third kappa shape index (κ3) is 6.98. The molecule has 1 heterocycles. The van der Waals surface area contributed by atoms with Crippen LogP contribution in [0.3, 0.4) is 0 Å². The zero-order valence-electron chi connectivity index (χ0n) is 20.4. The van der Waals surface area contributed by atoms with Gasteiger partial charge in [0.1, 0.15) is 11.4 Å². The molecule has 0 radical (unpaired) electrons. The number of ether oxygens (including phenoxy) is 3. The minimum Gasteiger partial charge on any atom is -0.444 e. The lowest BCUT2D eigenvalue weighted by molar-refractivity contribution is -0.131. The molecule has 1 unspecified atom stereocenters. The van der Waals surface area contributed by atoms with Gasteiger partial charge in [0.25, 0.3) is 0 Å². The number of ketones is 1. The van der Waals surface area contributed by atoms with E-state index in [9.17, 15) is 18.8 Å². The summed E-state index contributed by atoms with van der Waals surface area (Å²) in [6, 6.07) is 3.89. The Kier molecular flexibility index (Phi) is 8.97. The van der Waals surface area contributed by atoms with Crippen molar-refractivity contribution in [1.82, 2.24) is 10.2 Å². The molecule has 2 rings (SSSR count). The number of halogens is 1. The summed E-state index contributed by atoms with van der Waals surface area (Å²) in [6.07, 6.45) is -0.877. The molecule has 0 aromatic heterocycles. The quantitative estimate of drug-likeness (QED) is 0.592. The first-order valence-electron chi connectivity index (χ1n) is 11.0. The van der Waals surface area contributed by atoms with Gasteiger partial charge >= 0.3 is 6.09 Å². The van der Waals surface area contributed by atoms with Crippen molar-refractivity contribution < 1.29 is 33.0 Å². The van der Waals surface area contributed by atoms with Gasteiger partial charge in [-0.2, -0.15) is 0 Å². The van der Waals surface area contributed by atoms with E-state index in [1.807, 2.05) is 0 Å². The molecule has 1 saturated heterocycles. The highest BCUT2D eigenvalue weighted by Gasteiger charge is 2.45. The minimum absolute atomic E-state index is 0.214. The van der Waals surface area contributed by atoms with E-state index in [0.29, 0.717) is 18.5 Å². The van der Waals surface area contributed by atoms with Crippen LogP contribution in [0.1, 0.15) is 51.4 Å². The first-order chi connectivity index (χ1) is 15.4. The molecule has 9 heteroatoms. The van der Waals surface area contributed by atoms with E-state index in [-0.39, 0.29) is 11.9 Å². The summed E-state index contributed by atoms with van der Waals surface area (Å²) >= 11 is 0.